The summed E-state index contributed by atoms with van der Waals surface area (Å²) in [6.07, 6.45) is 9.38. The van der Waals surface area contributed by atoms with Crippen LogP contribution < -0.4 is 15.5 Å². The minimum Gasteiger partial charge on any atom is -0.353 e. The van der Waals surface area contributed by atoms with Crippen molar-refractivity contribution in [2.45, 2.75) is 69.7 Å². The Hall–Kier alpha value is -1.88. The molecule has 0 bridgehead atoms. The Morgan fingerprint density at radius 2 is 1.82 bits per heavy atom. The molecule has 2 fully saturated rings. The Labute approximate surface area is 168 Å². The van der Waals surface area contributed by atoms with Crippen molar-refractivity contribution < 1.29 is 9.59 Å². The van der Waals surface area contributed by atoms with E-state index in [-0.39, 0.29) is 23.8 Å². The van der Waals surface area contributed by atoms with Gasteiger partial charge in [-0.15, -0.1) is 0 Å². The first-order valence-corrected chi connectivity index (χ1v) is 11.1. The van der Waals surface area contributed by atoms with Gasteiger partial charge in [0.2, 0.25) is 11.8 Å². The van der Waals surface area contributed by atoms with Crippen molar-refractivity contribution in [3.63, 3.8) is 0 Å². The zero-order chi connectivity index (χ0) is 19.3. The molecule has 28 heavy (non-hydrogen) atoms. The summed E-state index contributed by atoms with van der Waals surface area (Å²) in [6.45, 7) is 2.78. The van der Waals surface area contributed by atoms with Crippen LogP contribution in [0.1, 0.15) is 69.3 Å². The molecule has 5 heteroatoms. The average Bonchev–Trinajstić information content (AvgIpc) is 2.99. The standard InChI is InChI=1S/C23H33N3O2/c27-22(25-18-12-14-24-15-13-18)11-10-20-19-8-4-5-9-21(19)26(23(20)28)16-17-6-2-1-3-7-17/h4-5,8-9,17-18,20,24H,1-3,6-7,10-16H2,(H,25,27). The minimum absolute atomic E-state index is 0.0860. The maximum atomic E-state index is 13.2. The lowest BCUT2D eigenvalue weighted by atomic mass is 9.89. The predicted molar refractivity (Wildman–Crippen MR) is 111 cm³/mol. The molecule has 2 N–H and O–H groups in total. The molecule has 1 unspecified atom stereocenters. The van der Waals surface area contributed by atoms with Crippen LogP contribution in [0.2, 0.25) is 0 Å². The van der Waals surface area contributed by atoms with Crippen LogP contribution in [0.15, 0.2) is 24.3 Å². The topological polar surface area (TPSA) is 61.4 Å². The molecule has 0 spiro atoms. The lowest BCUT2D eigenvalue weighted by Crippen LogP contribution is -2.42. The average molecular weight is 384 g/mol. The van der Waals surface area contributed by atoms with Gasteiger partial charge in [-0.25, -0.2) is 0 Å². The van der Waals surface area contributed by atoms with Crippen molar-refractivity contribution in [3.05, 3.63) is 29.8 Å². The number of para-hydroxylation sites is 1. The smallest absolute Gasteiger partial charge is 0.234 e. The zero-order valence-electron chi connectivity index (χ0n) is 16.8. The highest BCUT2D eigenvalue weighted by Gasteiger charge is 2.38. The quantitative estimate of drug-likeness (QED) is 0.792. The SMILES string of the molecule is O=C(CCC1C(=O)N(CC2CCCCC2)c2ccccc21)NC1CCNCC1. The molecule has 1 aromatic carbocycles. The van der Waals surface area contributed by atoms with Crippen molar-refractivity contribution in [1.82, 2.24) is 10.6 Å². The molecule has 3 aliphatic rings. The van der Waals surface area contributed by atoms with Crippen molar-refractivity contribution in [3.8, 4) is 0 Å². The third kappa shape index (κ3) is 4.40. The summed E-state index contributed by atoms with van der Waals surface area (Å²) >= 11 is 0. The number of benzene rings is 1. The van der Waals surface area contributed by atoms with Gasteiger partial charge in [0.25, 0.3) is 0 Å². The molecule has 1 aromatic rings. The van der Waals surface area contributed by atoms with Gasteiger partial charge in [-0.2, -0.15) is 0 Å². The van der Waals surface area contributed by atoms with Gasteiger partial charge in [-0.3, -0.25) is 9.59 Å². The summed E-state index contributed by atoms with van der Waals surface area (Å²) in [5.41, 5.74) is 2.18. The molecule has 5 nitrogen and oxygen atoms in total. The van der Waals surface area contributed by atoms with Crippen molar-refractivity contribution in [1.29, 1.82) is 0 Å². The lowest BCUT2D eigenvalue weighted by molar-refractivity contribution is -0.122. The van der Waals surface area contributed by atoms with Crippen LogP contribution in [0.5, 0.6) is 0 Å². The van der Waals surface area contributed by atoms with Gasteiger partial charge < -0.3 is 15.5 Å². The molecule has 2 amide bonds. The number of piperidine rings is 1. The number of amides is 2. The van der Waals surface area contributed by atoms with Gasteiger partial charge >= 0.3 is 0 Å². The van der Waals surface area contributed by atoms with Gasteiger partial charge in [0, 0.05) is 24.7 Å². The highest BCUT2D eigenvalue weighted by molar-refractivity contribution is 6.05. The van der Waals surface area contributed by atoms with Crippen LogP contribution in [0.25, 0.3) is 0 Å². The van der Waals surface area contributed by atoms with Gasteiger partial charge in [0.1, 0.15) is 0 Å². The zero-order valence-corrected chi connectivity index (χ0v) is 16.8. The molecule has 1 atom stereocenters. The number of rotatable bonds is 6. The largest absolute Gasteiger partial charge is 0.353 e. The normalized spacial score (nSPS) is 23.6. The fraction of sp³-hybridized carbons (Fsp3) is 0.652. The monoisotopic (exact) mass is 383 g/mol. The third-order valence-electron chi connectivity index (χ3n) is 6.70. The molecule has 1 saturated heterocycles. The van der Waals surface area contributed by atoms with Crippen LogP contribution in [0, 0.1) is 5.92 Å². The van der Waals surface area contributed by atoms with Gasteiger partial charge in [0.05, 0.1) is 5.92 Å². The molecular weight excluding hydrogens is 350 g/mol. The van der Waals surface area contributed by atoms with Crippen LogP contribution in [0.3, 0.4) is 0 Å². The van der Waals surface area contributed by atoms with Crippen molar-refractivity contribution in [2.75, 3.05) is 24.5 Å². The van der Waals surface area contributed by atoms with Crippen molar-refractivity contribution in [2.24, 2.45) is 5.92 Å². The summed E-state index contributed by atoms with van der Waals surface area (Å²) in [7, 11) is 0. The first-order valence-electron chi connectivity index (χ1n) is 11.1. The molecule has 0 radical (unpaired) electrons. The molecule has 2 aliphatic heterocycles. The lowest BCUT2D eigenvalue weighted by Gasteiger charge is -2.27. The fourth-order valence-electron chi connectivity index (χ4n) is 5.10. The van der Waals surface area contributed by atoms with E-state index in [1.807, 2.05) is 17.0 Å². The maximum absolute atomic E-state index is 13.2. The summed E-state index contributed by atoms with van der Waals surface area (Å²) in [5.74, 6) is 0.732. The number of carbonyl (C=O) groups is 2. The van der Waals surface area contributed by atoms with E-state index in [0.717, 1.165) is 43.7 Å². The molecule has 2 heterocycles. The highest BCUT2D eigenvalue weighted by Crippen LogP contribution is 2.41. The van der Waals surface area contributed by atoms with E-state index in [4.69, 9.17) is 0 Å². The van der Waals surface area contributed by atoms with E-state index in [2.05, 4.69) is 22.8 Å². The third-order valence-corrected chi connectivity index (χ3v) is 6.70. The Bertz CT molecular complexity index is 693. The molecule has 1 aliphatic carbocycles. The van der Waals surface area contributed by atoms with E-state index in [1.54, 1.807) is 0 Å². The maximum Gasteiger partial charge on any atom is 0.234 e. The second-order valence-electron chi connectivity index (χ2n) is 8.69. The van der Waals surface area contributed by atoms with Gasteiger partial charge in [0.15, 0.2) is 0 Å². The number of hydrogen-bond donors (Lipinski definition) is 2. The Balaban J connectivity index is 1.38. The molecular formula is C23H33N3O2. The highest BCUT2D eigenvalue weighted by atomic mass is 16.2. The second kappa shape index (κ2) is 9.08. The molecule has 0 aromatic heterocycles. The second-order valence-corrected chi connectivity index (χ2v) is 8.69. The van der Waals surface area contributed by atoms with E-state index in [0.29, 0.717) is 18.8 Å². The number of carbonyl (C=O) groups excluding carboxylic acids is 2. The predicted octanol–water partition coefficient (Wildman–Crippen LogP) is 3.35. The van der Waals surface area contributed by atoms with E-state index >= 15 is 0 Å². The van der Waals surface area contributed by atoms with Crippen LogP contribution in [-0.2, 0) is 9.59 Å². The minimum atomic E-state index is -0.168. The number of nitrogens with one attached hydrogen (secondary N) is 2. The number of hydrogen-bond acceptors (Lipinski definition) is 3. The summed E-state index contributed by atoms with van der Waals surface area (Å²) < 4.78 is 0. The van der Waals surface area contributed by atoms with Crippen molar-refractivity contribution >= 4 is 17.5 Å². The molecule has 1 saturated carbocycles. The Morgan fingerprint density at radius 3 is 2.61 bits per heavy atom. The van der Waals surface area contributed by atoms with E-state index in [9.17, 15) is 9.59 Å². The first-order chi connectivity index (χ1) is 13.7. The first kappa shape index (κ1) is 19.4. The number of nitrogens with zero attached hydrogens (tertiary/aromatic N) is 1. The summed E-state index contributed by atoms with van der Waals surface area (Å²) in [6, 6.07) is 8.46. The van der Waals surface area contributed by atoms with Crippen LogP contribution >= 0.6 is 0 Å². The number of anilines is 1. The number of fused-ring (bicyclic) bond motifs is 1. The Morgan fingerprint density at radius 1 is 1.07 bits per heavy atom. The molecule has 152 valence electrons. The summed E-state index contributed by atoms with van der Waals surface area (Å²) in [4.78, 5) is 27.7. The molecule has 4 rings (SSSR count). The van der Waals surface area contributed by atoms with Gasteiger partial charge in [-0.05, 0) is 62.7 Å². The fourth-order valence-corrected chi connectivity index (χ4v) is 5.10. The van der Waals surface area contributed by atoms with Crippen LogP contribution in [0.4, 0.5) is 5.69 Å². The van der Waals surface area contributed by atoms with E-state index < -0.39 is 0 Å². The Kier molecular flexibility index (Phi) is 6.30. The van der Waals surface area contributed by atoms with Crippen LogP contribution in [-0.4, -0.2) is 37.5 Å². The van der Waals surface area contributed by atoms with Gasteiger partial charge in [-0.1, -0.05) is 37.5 Å². The van der Waals surface area contributed by atoms with E-state index in [1.165, 1.54) is 32.1 Å². The summed E-state index contributed by atoms with van der Waals surface area (Å²) in [5, 5.41) is 6.47.